The first-order valence-electron chi connectivity index (χ1n) is 6.18. The normalized spacial score (nSPS) is 11.1. The molecule has 0 amide bonds. The third-order valence-electron chi connectivity index (χ3n) is 2.50. The van der Waals surface area contributed by atoms with Gasteiger partial charge < -0.3 is 4.90 Å². The molecule has 14 heavy (non-hydrogen) atoms. The highest BCUT2D eigenvalue weighted by molar-refractivity contribution is 7.80. The van der Waals surface area contributed by atoms with E-state index in [1.54, 1.807) is 0 Å². The van der Waals surface area contributed by atoms with Crippen molar-refractivity contribution in [1.82, 2.24) is 4.90 Å². The van der Waals surface area contributed by atoms with Crippen molar-refractivity contribution in [2.45, 2.75) is 52.4 Å². The summed E-state index contributed by atoms with van der Waals surface area (Å²) in [7, 11) is 0. The monoisotopic (exact) mass is 217 g/mol. The second-order valence-electron chi connectivity index (χ2n) is 3.98. The molecule has 0 fully saturated rings. The molecule has 1 nitrogen and oxygen atoms in total. The standard InChI is InChI=1S/C12H27NS/c1-3-5-6-7-10-13(9-4-2)11-8-12-14/h14H,3-12H2,1-2H3. The van der Waals surface area contributed by atoms with Crippen LogP contribution in [0.1, 0.15) is 52.4 Å². The zero-order valence-corrected chi connectivity index (χ0v) is 10.9. The van der Waals surface area contributed by atoms with Crippen LogP contribution in [-0.2, 0) is 0 Å². The van der Waals surface area contributed by atoms with Gasteiger partial charge in [-0.05, 0) is 44.6 Å². The summed E-state index contributed by atoms with van der Waals surface area (Å²) < 4.78 is 0. The third-order valence-corrected chi connectivity index (χ3v) is 2.82. The van der Waals surface area contributed by atoms with E-state index in [0.717, 1.165) is 5.75 Å². The predicted molar refractivity (Wildman–Crippen MR) is 69.3 cm³/mol. The molecule has 0 unspecified atom stereocenters. The van der Waals surface area contributed by atoms with Crippen molar-refractivity contribution >= 4 is 12.6 Å². The zero-order chi connectivity index (χ0) is 10.6. The fourth-order valence-electron chi connectivity index (χ4n) is 1.71. The number of unbranched alkanes of at least 4 members (excludes halogenated alkanes) is 3. The van der Waals surface area contributed by atoms with Gasteiger partial charge in [-0.15, -0.1) is 0 Å². The van der Waals surface area contributed by atoms with Crippen molar-refractivity contribution in [2.75, 3.05) is 25.4 Å². The first-order valence-corrected chi connectivity index (χ1v) is 6.81. The lowest BCUT2D eigenvalue weighted by Crippen LogP contribution is -2.27. The number of thiol groups is 1. The van der Waals surface area contributed by atoms with Crippen LogP contribution in [0.3, 0.4) is 0 Å². The Kier molecular flexibility index (Phi) is 11.6. The van der Waals surface area contributed by atoms with E-state index in [2.05, 4.69) is 31.4 Å². The highest BCUT2D eigenvalue weighted by Crippen LogP contribution is 2.03. The molecule has 0 aromatic rings. The van der Waals surface area contributed by atoms with Gasteiger partial charge in [0.2, 0.25) is 0 Å². The molecule has 0 radical (unpaired) electrons. The van der Waals surface area contributed by atoms with Crippen LogP contribution in [0.2, 0.25) is 0 Å². The van der Waals surface area contributed by atoms with Gasteiger partial charge in [0.15, 0.2) is 0 Å². The van der Waals surface area contributed by atoms with Crippen molar-refractivity contribution in [3.05, 3.63) is 0 Å². The maximum Gasteiger partial charge on any atom is -0.00110 e. The molecule has 0 aliphatic rings. The Morgan fingerprint density at radius 3 is 2.07 bits per heavy atom. The highest BCUT2D eigenvalue weighted by Gasteiger charge is 2.01. The molecule has 0 bridgehead atoms. The van der Waals surface area contributed by atoms with Crippen LogP contribution in [0.5, 0.6) is 0 Å². The van der Waals surface area contributed by atoms with Crippen molar-refractivity contribution in [1.29, 1.82) is 0 Å². The summed E-state index contributed by atoms with van der Waals surface area (Å²) in [6, 6.07) is 0. The van der Waals surface area contributed by atoms with E-state index in [1.165, 1.54) is 58.2 Å². The van der Waals surface area contributed by atoms with Gasteiger partial charge >= 0.3 is 0 Å². The lowest BCUT2D eigenvalue weighted by Gasteiger charge is -2.21. The van der Waals surface area contributed by atoms with Gasteiger partial charge in [-0.2, -0.15) is 12.6 Å². The Hall–Kier alpha value is 0.310. The maximum atomic E-state index is 4.26. The van der Waals surface area contributed by atoms with Crippen LogP contribution in [0.25, 0.3) is 0 Å². The lowest BCUT2D eigenvalue weighted by molar-refractivity contribution is 0.269. The summed E-state index contributed by atoms with van der Waals surface area (Å²) in [5, 5.41) is 0. The Balaban J connectivity index is 3.40. The summed E-state index contributed by atoms with van der Waals surface area (Å²) >= 11 is 4.26. The fraction of sp³-hybridized carbons (Fsp3) is 1.00. The van der Waals surface area contributed by atoms with E-state index in [4.69, 9.17) is 0 Å². The average molecular weight is 217 g/mol. The second-order valence-corrected chi connectivity index (χ2v) is 4.43. The molecule has 0 rings (SSSR count). The van der Waals surface area contributed by atoms with Crippen molar-refractivity contribution < 1.29 is 0 Å². The topological polar surface area (TPSA) is 3.24 Å². The van der Waals surface area contributed by atoms with Crippen LogP contribution in [0, 0.1) is 0 Å². The molecule has 0 aliphatic carbocycles. The predicted octanol–water partition coefficient (Wildman–Crippen LogP) is 3.60. The molecule has 0 N–H and O–H groups in total. The summed E-state index contributed by atoms with van der Waals surface area (Å²) in [5.74, 6) is 1.02. The summed E-state index contributed by atoms with van der Waals surface area (Å²) in [6.45, 7) is 8.33. The van der Waals surface area contributed by atoms with E-state index in [9.17, 15) is 0 Å². The van der Waals surface area contributed by atoms with Gasteiger partial charge in [0, 0.05) is 0 Å². The molecule has 0 atom stereocenters. The van der Waals surface area contributed by atoms with Gasteiger partial charge in [0.05, 0.1) is 0 Å². The van der Waals surface area contributed by atoms with Gasteiger partial charge in [-0.25, -0.2) is 0 Å². The zero-order valence-electron chi connectivity index (χ0n) is 9.97. The molecule has 0 aromatic carbocycles. The molecule has 2 heteroatoms. The number of rotatable bonds is 10. The highest BCUT2D eigenvalue weighted by atomic mass is 32.1. The van der Waals surface area contributed by atoms with Crippen LogP contribution >= 0.6 is 12.6 Å². The second kappa shape index (κ2) is 11.4. The van der Waals surface area contributed by atoms with Gasteiger partial charge in [0.25, 0.3) is 0 Å². The summed E-state index contributed by atoms with van der Waals surface area (Å²) in [4.78, 5) is 2.59. The molecule has 0 saturated heterocycles. The Bertz CT molecular complexity index is 106. The van der Waals surface area contributed by atoms with Crippen molar-refractivity contribution in [3.63, 3.8) is 0 Å². The van der Waals surface area contributed by atoms with Crippen molar-refractivity contribution in [3.8, 4) is 0 Å². The molecule has 0 spiro atoms. The smallest absolute Gasteiger partial charge is 0.00110 e. The van der Waals surface area contributed by atoms with Crippen LogP contribution in [0.4, 0.5) is 0 Å². The minimum absolute atomic E-state index is 1.02. The first kappa shape index (κ1) is 14.3. The minimum atomic E-state index is 1.02. The average Bonchev–Trinajstić information content (AvgIpc) is 2.20. The molecular formula is C12H27NS. The van der Waals surface area contributed by atoms with Crippen LogP contribution in [0.15, 0.2) is 0 Å². The summed E-state index contributed by atoms with van der Waals surface area (Å²) in [5.41, 5.74) is 0. The molecular weight excluding hydrogens is 190 g/mol. The largest absolute Gasteiger partial charge is 0.303 e. The minimum Gasteiger partial charge on any atom is -0.303 e. The van der Waals surface area contributed by atoms with Gasteiger partial charge in [-0.1, -0.05) is 33.1 Å². The quantitative estimate of drug-likeness (QED) is 0.432. The van der Waals surface area contributed by atoms with Crippen molar-refractivity contribution in [2.24, 2.45) is 0 Å². The van der Waals surface area contributed by atoms with E-state index >= 15 is 0 Å². The third kappa shape index (κ3) is 8.89. The van der Waals surface area contributed by atoms with E-state index in [0.29, 0.717) is 0 Å². The first-order chi connectivity index (χ1) is 6.85. The molecule has 0 heterocycles. The van der Waals surface area contributed by atoms with E-state index in [1.807, 2.05) is 0 Å². The molecule has 86 valence electrons. The Labute approximate surface area is 95.7 Å². The van der Waals surface area contributed by atoms with E-state index in [-0.39, 0.29) is 0 Å². The molecule has 0 saturated carbocycles. The Morgan fingerprint density at radius 2 is 1.50 bits per heavy atom. The van der Waals surface area contributed by atoms with E-state index < -0.39 is 0 Å². The Morgan fingerprint density at radius 1 is 0.786 bits per heavy atom. The SMILES string of the molecule is CCCCCCN(CCC)CCCS. The molecule has 0 aliphatic heterocycles. The molecule has 0 aromatic heterocycles. The van der Waals surface area contributed by atoms with Crippen LogP contribution in [-0.4, -0.2) is 30.3 Å². The van der Waals surface area contributed by atoms with Gasteiger partial charge in [-0.3, -0.25) is 0 Å². The number of nitrogens with zero attached hydrogens (tertiary/aromatic N) is 1. The number of hydrogen-bond acceptors (Lipinski definition) is 2. The van der Waals surface area contributed by atoms with Gasteiger partial charge in [0.1, 0.15) is 0 Å². The fourth-order valence-corrected chi connectivity index (χ4v) is 1.85. The van der Waals surface area contributed by atoms with Crippen LogP contribution < -0.4 is 0 Å². The number of hydrogen-bond donors (Lipinski definition) is 1. The maximum absolute atomic E-state index is 4.26. The summed E-state index contributed by atoms with van der Waals surface area (Å²) in [6.07, 6.45) is 8.02. The lowest BCUT2D eigenvalue weighted by atomic mass is 10.2.